The smallest absolute Gasteiger partial charge is 0.253 e. The van der Waals surface area contributed by atoms with Gasteiger partial charge < -0.3 is 10.0 Å². The lowest BCUT2D eigenvalue weighted by atomic mass is 10.1. The van der Waals surface area contributed by atoms with Gasteiger partial charge in [0.05, 0.1) is 12.3 Å². The van der Waals surface area contributed by atoms with Crippen LogP contribution in [0, 0.1) is 0 Å². The van der Waals surface area contributed by atoms with Crippen LogP contribution in [0.5, 0.6) is 0 Å². The van der Waals surface area contributed by atoms with E-state index in [2.05, 4.69) is 18.8 Å². The second kappa shape index (κ2) is 6.37. The van der Waals surface area contributed by atoms with Gasteiger partial charge in [-0.15, -0.1) is 11.3 Å². The van der Waals surface area contributed by atoms with E-state index in [0.717, 1.165) is 21.1 Å². The van der Waals surface area contributed by atoms with Gasteiger partial charge in [0, 0.05) is 30.1 Å². The quantitative estimate of drug-likeness (QED) is 0.944. The molecule has 2 rings (SSSR count). The van der Waals surface area contributed by atoms with Crippen molar-refractivity contribution >= 4 is 17.2 Å². The number of aromatic nitrogens is 1. The molecule has 0 saturated carbocycles. The van der Waals surface area contributed by atoms with Crippen molar-refractivity contribution in [2.75, 3.05) is 14.1 Å². The van der Waals surface area contributed by atoms with Crippen molar-refractivity contribution in [3.8, 4) is 10.6 Å². The molecule has 2 aromatic rings. The molecule has 21 heavy (non-hydrogen) atoms. The number of rotatable bonds is 4. The monoisotopic (exact) mass is 304 g/mol. The van der Waals surface area contributed by atoms with Crippen molar-refractivity contribution in [1.82, 2.24) is 9.88 Å². The molecule has 0 bridgehead atoms. The average Bonchev–Trinajstić information content (AvgIpc) is 2.91. The molecule has 5 heteroatoms. The standard InChI is InChI=1S/C16H20N2O2S/c1-10(2)14-13(9-19)17-15(21-14)11-5-7-12(8-6-11)16(20)18(3)4/h5-8,10,19H,9H2,1-4H3. The maximum atomic E-state index is 11.9. The Kier molecular flexibility index (Phi) is 4.75. The molecule has 0 spiro atoms. The highest BCUT2D eigenvalue weighted by Crippen LogP contribution is 2.33. The van der Waals surface area contributed by atoms with E-state index >= 15 is 0 Å². The number of benzene rings is 1. The maximum Gasteiger partial charge on any atom is 0.253 e. The minimum atomic E-state index is -0.0405. The first-order valence-corrected chi connectivity index (χ1v) is 7.68. The topological polar surface area (TPSA) is 53.4 Å². The van der Waals surface area contributed by atoms with Gasteiger partial charge in [-0.3, -0.25) is 4.79 Å². The summed E-state index contributed by atoms with van der Waals surface area (Å²) in [6, 6.07) is 7.43. The number of carbonyl (C=O) groups excluding carboxylic acids is 1. The molecular formula is C16H20N2O2S. The summed E-state index contributed by atoms with van der Waals surface area (Å²) in [6.45, 7) is 4.14. The Balaban J connectivity index is 2.33. The Morgan fingerprint density at radius 3 is 2.33 bits per heavy atom. The highest BCUT2D eigenvalue weighted by Gasteiger charge is 2.15. The Labute approximate surface area is 129 Å². The number of thiazole rings is 1. The molecule has 0 aliphatic rings. The largest absolute Gasteiger partial charge is 0.390 e. The molecule has 0 saturated heterocycles. The first-order chi connectivity index (χ1) is 9.93. The van der Waals surface area contributed by atoms with Crippen LogP contribution in [0.15, 0.2) is 24.3 Å². The molecule has 1 N–H and O–H groups in total. The van der Waals surface area contributed by atoms with Crippen molar-refractivity contribution in [2.24, 2.45) is 0 Å². The van der Waals surface area contributed by atoms with Crippen molar-refractivity contribution in [3.63, 3.8) is 0 Å². The fourth-order valence-electron chi connectivity index (χ4n) is 2.06. The van der Waals surface area contributed by atoms with Crippen LogP contribution in [0.2, 0.25) is 0 Å². The zero-order valence-corrected chi connectivity index (χ0v) is 13.6. The molecule has 1 aromatic heterocycles. The molecule has 0 radical (unpaired) electrons. The van der Waals surface area contributed by atoms with Crippen molar-refractivity contribution in [2.45, 2.75) is 26.4 Å². The number of hydrogen-bond donors (Lipinski definition) is 1. The molecular weight excluding hydrogens is 284 g/mol. The van der Waals surface area contributed by atoms with Crippen LogP contribution in [0.4, 0.5) is 0 Å². The lowest BCUT2D eigenvalue weighted by Gasteiger charge is -2.10. The molecule has 0 unspecified atom stereocenters. The highest BCUT2D eigenvalue weighted by molar-refractivity contribution is 7.15. The Bertz CT molecular complexity index is 630. The summed E-state index contributed by atoms with van der Waals surface area (Å²) in [5.41, 5.74) is 2.38. The van der Waals surface area contributed by atoms with Gasteiger partial charge in [0.1, 0.15) is 5.01 Å². The van der Waals surface area contributed by atoms with Crippen LogP contribution in [-0.4, -0.2) is 35.0 Å². The average molecular weight is 304 g/mol. The molecule has 0 fully saturated rings. The highest BCUT2D eigenvalue weighted by atomic mass is 32.1. The van der Waals surface area contributed by atoms with Gasteiger partial charge in [-0.25, -0.2) is 4.98 Å². The zero-order chi connectivity index (χ0) is 15.6. The van der Waals surface area contributed by atoms with Gasteiger partial charge in [0.2, 0.25) is 0 Å². The van der Waals surface area contributed by atoms with Crippen LogP contribution in [0.25, 0.3) is 10.6 Å². The van der Waals surface area contributed by atoms with E-state index in [-0.39, 0.29) is 12.5 Å². The van der Waals surface area contributed by atoms with E-state index in [0.29, 0.717) is 11.5 Å². The van der Waals surface area contributed by atoms with Gasteiger partial charge in [0.25, 0.3) is 5.91 Å². The third-order valence-electron chi connectivity index (χ3n) is 3.19. The van der Waals surface area contributed by atoms with E-state index in [4.69, 9.17) is 0 Å². The number of aliphatic hydroxyl groups excluding tert-OH is 1. The molecule has 4 nitrogen and oxygen atoms in total. The van der Waals surface area contributed by atoms with E-state index in [1.807, 2.05) is 24.3 Å². The zero-order valence-electron chi connectivity index (χ0n) is 12.8. The summed E-state index contributed by atoms with van der Waals surface area (Å²) in [6.07, 6.45) is 0. The Morgan fingerprint density at radius 1 is 1.29 bits per heavy atom. The molecule has 1 aromatic carbocycles. The van der Waals surface area contributed by atoms with Crippen molar-refractivity contribution < 1.29 is 9.90 Å². The maximum absolute atomic E-state index is 11.9. The SMILES string of the molecule is CC(C)c1sc(-c2ccc(C(=O)N(C)C)cc2)nc1CO. The van der Waals surface area contributed by atoms with E-state index in [9.17, 15) is 9.90 Å². The van der Waals surface area contributed by atoms with Crippen molar-refractivity contribution in [1.29, 1.82) is 0 Å². The Morgan fingerprint density at radius 2 is 1.90 bits per heavy atom. The van der Waals surface area contributed by atoms with Crippen LogP contribution < -0.4 is 0 Å². The lowest BCUT2D eigenvalue weighted by Crippen LogP contribution is -2.21. The van der Waals surface area contributed by atoms with E-state index in [1.54, 1.807) is 30.3 Å². The number of aliphatic hydroxyl groups is 1. The lowest BCUT2D eigenvalue weighted by molar-refractivity contribution is 0.0827. The number of hydrogen-bond acceptors (Lipinski definition) is 4. The molecule has 1 heterocycles. The van der Waals surface area contributed by atoms with Gasteiger partial charge in [0.15, 0.2) is 0 Å². The molecule has 112 valence electrons. The molecule has 0 aliphatic heterocycles. The van der Waals surface area contributed by atoms with Gasteiger partial charge in [-0.2, -0.15) is 0 Å². The van der Waals surface area contributed by atoms with Crippen LogP contribution in [0.3, 0.4) is 0 Å². The molecule has 0 atom stereocenters. The van der Waals surface area contributed by atoms with Gasteiger partial charge in [-0.05, 0) is 18.1 Å². The third-order valence-corrected chi connectivity index (χ3v) is 4.63. The second-order valence-corrected chi connectivity index (χ2v) is 6.45. The predicted octanol–water partition coefficient (Wildman–Crippen LogP) is 3.13. The summed E-state index contributed by atoms with van der Waals surface area (Å²) in [5.74, 6) is 0.326. The molecule has 1 amide bonds. The van der Waals surface area contributed by atoms with Gasteiger partial charge >= 0.3 is 0 Å². The number of amides is 1. The van der Waals surface area contributed by atoms with Crippen LogP contribution >= 0.6 is 11.3 Å². The second-order valence-electron chi connectivity index (χ2n) is 5.42. The van der Waals surface area contributed by atoms with Crippen molar-refractivity contribution in [3.05, 3.63) is 40.4 Å². The predicted molar refractivity (Wildman–Crippen MR) is 85.6 cm³/mol. The fraction of sp³-hybridized carbons (Fsp3) is 0.375. The van der Waals surface area contributed by atoms with Crippen LogP contribution in [-0.2, 0) is 6.61 Å². The Hall–Kier alpha value is -1.72. The molecule has 0 aliphatic carbocycles. The minimum Gasteiger partial charge on any atom is -0.390 e. The summed E-state index contributed by atoms with van der Waals surface area (Å²) in [4.78, 5) is 19.0. The van der Waals surface area contributed by atoms with E-state index in [1.165, 1.54) is 0 Å². The number of nitrogens with zero attached hydrogens (tertiary/aromatic N) is 2. The summed E-state index contributed by atoms with van der Waals surface area (Å²) < 4.78 is 0. The van der Waals surface area contributed by atoms with Gasteiger partial charge in [-0.1, -0.05) is 26.0 Å². The fourth-order valence-corrected chi connectivity index (χ4v) is 3.15. The first kappa shape index (κ1) is 15.7. The third kappa shape index (κ3) is 3.31. The number of carbonyl (C=O) groups is 1. The summed E-state index contributed by atoms with van der Waals surface area (Å²) in [7, 11) is 3.47. The van der Waals surface area contributed by atoms with Crippen LogP contribution in [0.1, 0.15) is 40.7 Å². The normalized spacial score (nSPS) is 11.0. The summed E-state index contributed by atoms with van der Waals surface area (Å²) in [5, 5.41) is 10.3. The first-order valence-electron chi connectivity index (χ1n) is 6.86. The summed E-state index contributed by atoms with van der Waals surface area (Å²) >= 11 is 1.60. The minimum absolute atomic E-state index is 0.0143. The van der Waals surface area contributed by atoms with E-state index < -0.39 is 0 Å².